The van der Waals surface area contributed by atoms with Gasteiger partial charge in [-0.15, -0.1) is 0 Å². The van der Waals surface area contributed by atoms with E-state index in [-0.39, 0.29) is 17.0 Å². The Kier molecular flexibility index (Phi) is 4.83. The van der Waals surface area contributed by atoms with Crippen molar-refractivity contribution >= 4 is 28.9 Å². The minimum atomic E-state index is -0.645. The number of para-hydroxylation sites is 1. The molecule has 0 amide bonds. The lowest BCUT2D eigenvalue weighted by Gasteiger charge is -2.27. The maximum atomic E-state index is 13.3. The van der Waals surface area contributed by atoms with Crippen LogP contribution >= 0.6 is 11.6 Å². The van der Waals surface area contributed by atoms with Gasteiger partial charge < -0.3 is 14.0 Å². The second-order valence-corrected chi connectivity index (χ2v) is 6.95. The third-order valence-corrected chi connectivity index (χ3v) is 5.15. The number of aryl methyl sites for hydroxylation is 1. The number of ether oxygens (including phenoxy) is 2. The van der Waals surface area contributed by atoms with Crippen molar-refractivity contribution < 1.29 is 9.47 Å². The number of nitriles is 1. The Morgan fingerprint density at radius 1 is 1.24 bits per heavy atom. The van der Waals surface area contributed by atoms with Crippen molar-refractivity contribution in [1.29, 1.82) is 5.26 Å². The number of allylic oxidation sites excluding steroid dienone is 1. The van der Waals surface area contributed by atoms with Crippen molar-refractivity contribution in [3.63, 3.8) is 0 Å². The van der Waals surface area contributed by atoms with E-state index in [0.717, 1.165) is 16.5 Å². The molecular weight excluding hydrogens is 390 g/mol. The molecule has 0 saturated carbocycles. The molecule has 3 aromatic rings. The highest BCUT2D eigenvalue weighted by Crippen LogP contribution is 2.44. The van der Waals surface area contributed by atoms with Crippen LogP contribution in [0.4, 0.5) is 0 Å². The summed E-state index contributed by atoms with van der Waals surface area (Å²) < 4.78 is 12.5. The number of hydrogen-bond donors (Lipinski definition) is 0. The molecule has 2 heterocycles. The average molecular weight is 406 g/mol. The first kappa shape index (κ1) is 18.8. The van der Waals surface area contributed by atoms with Crippen molar-refractivity contribution in [2.24, 2.45) is 12.0 Å². The van der Waals surface area contributed by atoms with Crippen LogP contribution in [0.1, 0.15) is 17.0 Å². The summed E-state index contributed by atoms with van der Waals surface area (Å²) in [7, 11) is 3.16. The zero-order valence-electron chi connectivity index (χ0n) is 15.7. The van der Waals surface area contributed by atoms with E-state index in [2.05, 4.69) is 11.1 Å². The van der Waals surface area contributed by atoms with Gasteiger partial charge >= 0.3 is 0 Å². The summed E-state index contributed by atoms with van der Waals surface area (Å²) in [6.45, 7) is 0. The molecule has 144 valence electrons. The molecule has 0 spiro atoms. The van der Waals surface area contributed by atoms with Crippen LogP contribution in [-0.4, -0.2) is 18.1 Å². The number of benzene rings is 2. The van der Waals surface area contributed by atoms with Crippen LogP contribution in [0.2, 0.25) is 5.02 Å². The van der Waals surface area contributed by atoms with Crippen LogP contribution in [0.3, 0.4) is 0 Å². The van der Waals surface area contributed by atoms with E-state index in [1.165, 1.54) is 13.5 Å². The number of aliphatic imine (C=N–C) groups is 1. The third kappa shape index (κ3) is 3.06. The van der Waals surface area contributed by atoms with E-state index < -0.39 is 5.92 Å². The molecular formula is C22H16ClN3O3. The van der Waals surface area contributed by atoms with Gasteiger partial charge in [0.1, 0.15) is 17.4 Å². The van der Waals surface area contributed by atoms with Gasteiger partial charge in [-0.2, -0.15) is 10.3 Å². The number of methoxy groups -OCH3 is 1. The van der Waals surface area contributed by atoms with Gasteiger partial charge in [-0.25, -0.2) is 0 Å². The normalized spacial score (nSPS) is 15.9. The molecule has 1 atom stereocenters. The summed E-state index contributed by atoms with van der Waals surface area (Å²) in [6, 6.07) is 16.7. The number of rotatable bonds is 3. The number of nitrogens with zero attached hydrogens (tertiary/aromatic N) is 3. The average Bonchev–Trinajstić information content (AvgIpc) is 2.75. The Bertz CT molecular complexity index is 1270. The van der Waals surface area contributed by atoms with Crippen LogP contribution in [-0.2, 0) is 11.8 Å². The highest BCUT2D eigenvalue weighted by atomic mass is 35.5. The molecule has 6 nitrogen and oxygen atoms in total. The fourth-order valence-electron chi connectivity index (χ4n) is 3.57. The first-order chi connectivity index (χ1) is 14.1. The standard InChI is InChI=1S/C22H16ClN3O3/c1-26-17-6-4-3-5-15(17)20-19(22(26)27)18(13-7-9-14(23)10-8-13)16(11-24)21(29-20)25-12-28-2/h3-10,12,18H,1-2H3/b25-12+. The quantitative estimate of drug-likeness (QED) is 0.485. The first-order valence-corrected chi connectivity index (χ1v) is 9.19. The Labute approximate surface area is 171 Å². The highest BCUT2D eigenvalue weighted by molar-refractivity contribution is 6.30. The number of hydrogen-bond acceptors (Lipinski definition) is 5. The SMILES string of the molecule is CO/C=N/C1=C(C#N)C(c2ccc(Cl)cc2)c2c(c3ccccc3n(C)c2=O)O1. The summed E-state index contributed by atoms with van der Waals surface area (Å²) in [4.78, 5) is 17.5. The predicted molar refractivity (Wildman–Crippen MR) is 111 cm³/mol. The van der Waals surface area contributed by atoms with Crippen molar-refractivity contribution in [1.82, 2.24) is 4.57 Å². The first-order valence-electron chi connectivity index (χ1n) is 8.81. The Morgan fingerprint density at radius 2 is 1.97 bits per heavy atom. The molecule has 1 aliphatic rings. The van der Waals surface area contributed by atoms with E-state index in [9.17, 15) is 10.1 Å². The minimum absolute atomic E-state index is 0.0974. The maximum absolute atomic E-state index is 13.3. The summed E-state index contributed by atoms with van der Waals surface area (Å²) in [5.41, 5.74) is 1.85. The summed E-state index contributed by atoms with van der Waals surface area (Å²) in [6.07, 6.45) is 1.19. The molecule has 0 radical (unpaired) electrons. The van der Waals surface area contributed by atoms with Crippen LogP contribution in [0.15, 0.2) is 69.8 Å². The molecule has 1 aromatic heterocycles. The number of fused-ring (bicyclic) bond motifs is 3. The summed E-state index contributed by atoms with van der Waals surface area (Å²) in [5, 5.41) is 11.2. The Balaban J connectivity index is 2.11. The van der Waals surface area contributed by atoms with E-state index in [0.29, 0.717) is 16.3 Å². The summed E-state index contributed by atoms with van der Waals surface area (Å²) >= 11 is 6.05. The van der Waals surface area contributed by atoms with Crippen LogP contribution in [0.5, 0.6) is 5.75 Å². The van der Waals surface area contributed by atoms with E-state index in [1.54, 1.807) is 35.9 Å². The minimum Gasteiger partial charge on any atom is -0.486 e. The van der Waals surface area contributed by atoms with Gasteiger partial charge in [-0.05, 0) is 29.8 Å². The van der Waals surface area contributed by atoms with Crippen molar-refractivity contribution in [2.45, 2.75) is 5.92 Å². The monoisotopic (exact) mass is 405 g/mol. The summed E-state index contributed by atoms with van der Waals surface area (Å²) in [5.74, 6) is -0.153. The molecule has 2 aromatic carbocycles. The van der Waals surface area contributed by atoms with Gasteiger partial charge in [0.2, 0.25) is 5.88 Å². The van der Waals surface area contributed by atoms with Crippen molar-refractivity contribution in [3.8, 4) is 11.8 Å². The molecule has 0 aliphatic carbocycles. The highest BCUT2D eigenvalue weighted by Gasteiger charge is 2.36. The lowest BCUT2D eigenvalue weighted by Crippen LogP contribution is -2.29. The van der Waals surface area contributed by atoms with E-state index >= 15 is 0 Å². The number of halogens is 1. The van der Waals surface area contributed by atoms with Gasteiger partial charge in [-0.3, -0.25) is 4.79 Å². The lowest BCUT2D eigenvalue weighted by atomic mass is 9.83. The Hall–Kier alpha value is -3.56. The van der Waals surface area contributed by atoms with Crippen LogP contribution < -0.4 is 10.3 Å². The second kappa shape index (κ2) is 7.46. The predicted octanol–water partition coefficient (Wildman–Crippen LogP) is 4.13. The molecule has 0 bridgehead atoms. The fraction of sp³-hybridized carbons (Fsp3) is 0.136. The topological polar surface area (TPSA) is 76.6 Å². The lowest BCUT2D eigenvalue weighted by molar-refractivity contribution is 0.383. The second-order valence-electron chi connectivity index (χ2n) is 6.51. The molecule has 7 heteroatoms. The maximum Gasteiger partial charge on any atom is 0.258 e. The van der Waals surface area contributed by atoms with Gasteiger partial charge in [0.15, 0.2) is 6.40 Å². The number of aromatic nitrogens is 1. The molecule has 1 unspecified atom stereocenters. The van der Waals surface area contributed by atoms with Gasteiger partial charge in [0.25, 0.3) is 5.56 Å². The van der Waals surface area contributed by atoms with Gasteiger partial charge in [0, 0.05) is 17.5 Å². The molecule has 0 N–H and O–H groups in total. The van der Waals surface area contributed by atoms with Crippen LogP contribution in [0, 0.1) is 11.3 Å². The van der Waals surface area contributed by atoms with Crippen LogP contribution in [0.25, 0.3) is 10.9 Å². The fourth-order valence-corrected chi connectivity index (χ4v) is 3.70. The molecule has 4 rings (SSSR count). The van der Waals surface area contributed by atoms with Gasteiger partial charge in [0.05, 0.1) is 24.1 Å². The number of pyridine rings is 1. The zero-order valence-corrected chi connectivity index (χ0v) is 16.5. The van der Waals surface area contributed by atoms with Crippen molar-refractivity contribution in [2.75, 3.05) is 7.11 Å². The molecule has 29 heavy (non-hydrogen) atoms. The van der Waals surface area contributed by atoms with E-state index in [4.69, 9.17) is 21.1 Å². The van der Waals surface area contributed by atoms with Crippen molar-refractivity contribution in [3.05, 3.63) is 86.5 Å². The molecule has 0 saturated heterocycles. The molecule has 0 fully saturated rings. The third-order valence-electron chi connectivity index (χ3n) is 4.90. The smallest absolute Gasteiger partial charge is 0.258 e. The van der Waals surface area contributed by atoms with Gasteiger partial charge in [-0.1, -0.05) is 35.9 Å². The van der Waals surface area contributed by atoms with E-state index in [1.807, 2.05) is 24.3 Å². The zero-order chi connectivity index (χ0) is 20.5. The Morgan fingerprint density at radius 3 is 2.66 bits per heavy atom. The molecule has 1 aliphatic heterocycles. The largest absolute Gasteiger partial charge is 0.486 e.